The van der Waals surface area contributed by atoms with E-state index in [2.05, 4.69) is 22.9 Å². The summed E-state index contributed by atoms with van der Waals surface area (Å²) in [6.07, 6.45) is 4.79. The predicted octanol–water partition coefficient (Wildman–Crippen LogP) is 6.11. The van der Waals surface area contributed by atoms with Crippen LogP contribution in [0.15, 0.2) is 60.9 Å². The third kappa shape index (κ3) is 5.07. The molecule has 4 rings (SSSR count). The van der Waals surface area contributed by atoms with E-state index in [0.29, 0.717) is 16.7 Å². The minimum absolute atomic E-state index is 0.00620. The van der Waals surface area contributed by atoms with Crippen molar-refractivity contribution in [3.8, 4) is 22.6 Å². The van der Waals surface area contributed by atoms with E-state index >= 15 is 0 Å². The molecule has 0 saturated carbocycles. The highest BCUT2D eigenvalue weighted by atomic mass is 35.5. The molecule has 0 saturated heterocycles. The van der Waals surface area contributed by atoms with Crippen molar-refractivity contribution < 1.29 is 9.47 Å². The van der Waals surface area contributed by atoms with Crippen molar-refractivity contribution in [3.05, 3.63) is 76.5 Å². The summed E-state index contributed by atoms with van der Waals surface area (Å²) in [5.74, 6) is 1.62. The van der Waals surface area contributed by atoms with E-state index in [1.54, 1.807) is 6.07 Å². The number of hydrogen-bond donors (Lipinski definition) is 0. The van der Waals surface area contributed by atoms with Crippen LogP contribution in [-0.2, 0) is 6.54 Å². The molecule has 0 aliphatic carbocycles. The fourth-order valence-electron chi connectivity index (χ4n) is 3.70. The summed E-state index contributed by atoms with van der Waals surface area (Å²) in [7, 11) is 0. The fourth-order valence-corrected chi connectivity index (χ4v) is 4.21. The molecule has 0 fully saturated rings. The Hall–Kier alpha value is -2.27. The van der Waals surface area contributed by atoms with Gasteiger partial charge in [0.15, 0.2) is 11.5 Å². The van der Waals surface area contributed by atoms with Crippen LogP contribution in [0.4, 0.5) is 0 Å². The van der Waals surface area contributed by atoms with Crippen molar-refractivity contribution in [1.29, 1.82) is 0 Å². The summed E-state index contributed by atoms with van der Waals surface area (Å²) in [6.45, 7) is 5.27. The maximum atomic E-state index is 6.39. The quantitative estimate of drug-likeness (QED) is 0.442. The van der Waals surface area contributed by atoms with E-state index in [9.17, 15) is 0 Å². The van der Waals surface area contributed by atoms with Crippen LogP contribution in [0, 0.1) is 0 Å². The fraction of sp³-hybridized carbons (Fsp3) is 0.292. The lowest BCUT2D eigenvalue weighted by molar-refractivity contribution is 0.0564. The first-order chi connectivity index (χ1) is 14.6. The predicted molar refractivity (Wildman–Crippen MR) is 122 cm³/mol. The summed E-state index contributed by atoms with van der Waals surface area (Å²) in [5, 5.41) is 1.25. The number of pyridine rings is 1. The third-order valence-corrected chi connectivity index (χ3v) is 5.56. The summed E-state index contributed by atoms with van der Waals surface area (Å²) in [5.41, 5.74) is 3.04. The molecule has 2 aromatic carbocycles. The second kappa shape index (κ2) is 9.69. The molecule has 0 amide bonds. The van der Waals surface area contributed by atoms with E-state index < -0.39 is 0 Å². The number of para-hydroxylation sites is 2. The zero-order valence-electron chi connectivity index (χ0n) is 16.9. The number of rotatable bonds is 7. The molecule has 2 heterocycles. The molecule has 1 atom stereocenters. The van der Waals surface area contributed by atoms with E-state index in [1.807, 2.05) is 48.8 Å². The molecule has 1 aliphatic rings. The first kappa shape index (κ1) is 21.0. The topological polar surface area (TPSA) is 34.6 Å². The smallest absolute Gasteiger partial charge is 0.161 e. The van der Waals surface area contributed by atoms with Crippen LogP contribution < -0.4 is 9.47 Å². The number of aromatic nitrogens is 1. The molecule has 1 aromatic heterocycles. The van der Waals surface area contributed by atoms with Gasteiger partial charge in [-0.05, 0) is 48.9 Å². The Morgan fingerprint density at radius 2 is 1.90 bits per heavy atom. The van der Waals surface area contributed by atoms with Crippen LogP contribution in [0.5, 0.6) is 11.5 Å². The molecule has 156 valence electrons. The lowest BCUT2D eigenvalue weighted by atomic mass is 10.1. The van der Waals surface area contributed by atoms with Gasteiger partial charge in [-0.25, -0.2) is 0 Å². The van der Waals surface area contributed by atoms with Crippen LogP contribution >= 0.6 is 23.2 Å². The number of halogens is 2. The molecule has 0 N–H and O–H groups in total. The first-order valence-electron chi connectivity index (χ1n) is 10.1. The van der Waals surface area contributed by atoms with E-state index in [-0.39, 0.29) is 6.10 Å². The lowest BCUT2D eigenvalue weighted by Gasteiger charge is -2.31. The Balaban J connectivity index is 1.47. The second-order valence-corrected chi connectivity index (χ2v) is 8.28. The lowest BCUT2D eigenvalue weighted by Crippen LogP contribution is -2.41. The Morgan fingerprint density at radius 3 is 2.70 bits per heavy atom. The minimum Gasteiger partial charge on any atom is -0.486 e. The monoisotopic (exact) mass is 442 g/mol. The molecule has 4 nitrogen and oxygen atoms in total. The van der Waals surface area contributed by atoms with Crippen molar-refractivity contribution in [2.24, 2.45) is 0 Å². The number of ether oxygens (including phenoxy) is 2. The summed E-state index contributed by atoms with van der Waals surface area (Å²) >= 11 is 12.4. The Morgan fingerprint density at radius 1 is 1.07 bits per heavy atom. The minimum atomic E-state index is -0.00620. The van der Waals surface area contributed by atoms with Gasteiger partial charge in [0.25, 0.3) is 0 Å². The van der Waals surface area contributed by atoms with Crippen LogP contribution in [-0.4, -0.2) is 35.7 Å². The van der Waals surface area contributed by atoms with Gasteiger partial charge < -0.3 is 9.47 Å². The maximum Gasteiger partial charge on any atom is 0.161 e. The SMILES string of the molecule is CCCN(Cc1cncc(-c2ccc(Cl)cc2Cl)c1)CC1COc2ccccc2O1. The third-order valence-electron chi connectivity index (χ3n) is 5.01. The highest BCUT2D eigenvalue weighted by molar-refractivity contribution is 6.36. The normalized spacial score (nSPS) is 15.4. The number of benzene rings is 2. The van der Waals surface area contributed by atoms with Crippen molar-refractivity contribution >= 4 is 23.2 Å². The Bertz CT molecular complexity index is 1010. The van der Waals surface area contributed by atoms with Gasteiger partial charge in [0.1, 0.15) is 12.7 Å². The number of nitrogens with zero attached hydrogens (tertiary/aromatic N) is 2. The average molecular weight is 443 g/mol. The molecule has 0 bridgehead atoms. The highest BCUT2D eigenvalue weighted by Crippen LogP contribution is 2.32. The van der Waals surface area contributed by atoms with Gasteiger partial charge >= 0.3 is 0 Å². The van der Waals surface area contributed by atoms with E-state index in [4.69, 9.17) is 32.7 Å². The highest BCUT2D eigenvalue weighted by Gasteiger charge is 2.23. The summed E-state index contributed by atoms with van der Waals surface area (Å²) in [4.78, 5) is 6.82. The number of hydrogen-bond acceptors (Lipinski definition) is 4. The standard InChI is InChI=1S/C24H24Cl2N2O2/c1-2-9-28(15-20-16-29-23-5-3-4-6-24(23)30-20)14-17-10-18(13-27-12-17)21-8-7-19(25)11-22(21)26/h3-8,10-13,20H,2,9,14-16H2,1H3. The molecule has 1 aliphatic heterocycles. The van der Waals surface area contributed by atoms with Crippen molar-refractivity contribution in [2.45, 2.75) is 26.0 Å². The van der Waals surface area contributed by atoms with E-state index in [1.165, 1.54) is 0 Å². The summed E-state index contributed by atoms with van der Waals surface area (Å²) < 4.78 is 12.0. The van der Waals surface area contributed by atoms with Gasteiger partial charge in [-0.15, -0.1) is 0 Å². The Labute approximate surface area is 187 Å². The Kier molecular flexibility index (Phi) is 6.78. The van der Waals surface area contributed by atoms with Crippen molar-refractivity contribution in [3.63, 3.8) is 0 Å². The molecule has 0 radical (unpaired) electrons. The molecule has 3 aromatic rings. The molecular formula is C24H24Cl2N2O2. The average Bonchev–Trinajstić information content (AvgIpc) is 2.74. The van der Waals surface area contributed by atoms with Gasteiger partial charge in [0.2, 0.25) is 0 Å². The molecule has 1 unspecified atom stereocenters. The van der Waals surface area contributed by atoms with Crippen LogP contribution in [0.2, 0.25) is 10.0 Å². The van der Waals surface area contributed by atoms with Gasteiger partial charge in [-0.1, -0.05) is 48.3 Å². The molecular weight excluding hydrogens is 419 g/mol. The zero-order chi connectivity index (χ0) is 20.9. The largest absolute Gasteiger partial charge is 0.486 e. The van der Waals surface area contributed by atoms with Crippen LogP contribution in [0.25, 0.3) is 11.1 Å². The van der Waals surface area contributed by atoms with Gasteiger partial charge in [-0.3, -0.25) is 9.88 Å². The second-order valence-electron chi connectivity index (χ2n) is 7.44. The maximum absolute atomic E-state index is 6.39. The molecule has 30 heavy (non-hydrogen) atoms. The van der Waals surface area contributed by atoms with Crippen LogP contribution in [0.1, 0.15) is 18.9 Å². The number of fused-ring (bicyclic) bond motifs is 1. The summed E-state index contributed by atoms with van der Waals surface area (Å²) in [6, 6.07) is 15.5. The zero-order valence-corrected chi connectivity index (χ0v) is 18.4. The van der Waals surface area contributed by atoms with E-state index in [0.717, 1.165) is 54.2 Å². The molecule has 6 heteroatoms. The van der Waals surface area contributed by atoms with Gasteiger partial charge in [0, 0.05) is 46.7 Å². The van der Waals surface area contributed by atoms with Gasteiger partial charge in [0.05, 0.1) is 0 Å². The van der Waals surface area contributed by atoms with Crippen molar-refractivity contribution in [1.82, 2.24) is 9.88 Å². The first-order valence-corrected chi connectivity index (χ1v) is 10.9. The molecule has 0 spiro atoms. The van der Waals surface area contributed by atoms with Crippen molar-refractivity contribution in [2.75, 3.05) is 19.7 Å². The van der Waals surface area contributed by atoms with Gasteiger partial charge in [-0.2, -0.15) is 0 Å². The van der Waals surface area contributed by atoms with Crippen LogP contribution in [0.3, 0.4) is 0 Å².